The van der Waals surface area contributed by atoms with Crippen LogP contribution in [0.25, 0.3) is 0 Å². The van der Waals surface area contributed by atoms with Gasteiger partial charge < -0.3 is 4.42 Å². The number of hydrogen-bond acceptors (Lipinski definition) is 2. The summed E-state index contributed by atoms with van der Waals surface area (Å²) in [6.45, 7) is 3.90. The number of rotatable bonds is 4. The summed E-state index contributed by atoms with van der Waals surface area (Å²) in [7, 11) is 2.10. The zero-order valence-corrected chi connectivity index (χ0v) is 9.81. The molecule has 0 aliphatic rings. The molecule has 0 bridgehead atoms. The summed E-state index contributed by atoms with van der Waals surface area (Å²) in [5.74, 6) is 1.01. The van der Waals surface area contributed by atoms with E-state index in [0.717, 1.165) is 18.8 Å². The third kappa shape index (κ3) is 2.97. The van der Waals surface area contributed by atoms with Gasteiger partial charge in [-0.2, -0.15) is 0 Å². The maximum Gasteiger partial charge on any atom is 0.117 e. The van der Waals surface area contributed by atoms with Crippen LogP contribution in [-0.2, 0) is 13.1 Å². The first-order chi connectivity index (χ1) is 7.74. The molecule has 0 saturated heterocycles. The van der Waals surface area contributed by atoms with Crippen molar-refractivity contribution in [2.45, 2.75) is 20.0 Å². The minimum atomic E-state index is 0.848. The summed E-state index contributed by atoms with van der Waals surface area (Å²) >= 11 is 0. The highest BCUT2D eigenvalue weighted by molar-refractivity contribution is 5.21. The highest BCUT2D eigenvalue weighted by Gasteiger charge is 2.03. The molecule has 2 rings (SSSR count). The third-order valence-electron chi connectivity index (χ3n) is 2.58. The second-order valence-corrected chi connectivity index (χ2v) is 4.24. The van der Waals surface area contributed by atoms with Gasteiger partial charge in [-0.25, -0.2) is 0 Å². The van der Waals surface area contributed by atoms with Crippen LogP contribution in [0.3, 0.4) is 0 Å². The molecule has 0 amide bonds. The average Bonchev–Trinajstić information content (AvgIpc) is 2.74. The van der Waals surface area contributed by atoms with Crippen molar-refractivity contribution in [2.75, 3.05) is 7.05 Å². The molecule has 0 aliphatic carbocycles. The van der Waals surface area contributed by atoms with Crippen molar-refractivity contribution in [2.24, 2.45) is 0 Å². The molecule has 0 saturated carbocycles. The van der Waals surface area contributed by atoms with Crippen molar-refractivity contribution < 1.29 is 4.42 Å². The van der Waals surface area contributed by atoms with Gasteiger partial charge in [-0.3, -0.25) is 4.90 Å². The van der Waals surface area contributed by atoms with E-state index < -0.39 is 0 Å². The Labute approximate surface area is 96.5 Å². The molecule has 1 aromatic heterocycles. The van der Waals surface area contributed by atoms with E-state index in [1.807, 2.05) is 12.1 Å². The van der Waals surface area contributed by atoms with Gasteiger partial charge in [-0.1, -0.05) is 29.8 Å². The van der Waals surface area contributed by atoms with E-state index in [1.165, 1.54) is 11.1 Å². The predicted octanol–water partition coefficient (Wildman–Crippen LogP) is 3.22. The number of furan rings is 1. The first kappa shape index (κ1) is 11.0. The van der Waals surface area contributed by atoms with E-state index in [9.17, 15) is 0 Å². The van der Waals surface area contributed by atoms with E-state index in [-0.39, 0.29) is 0 Å². The molecule has 1 heterocycles. The molecule has 84 valence electrons. The number of hydrogen-bond donors (Lipinski definition) is 0. The van der Waals surface area contributed by atoms with Crippen LogP contribution < -0.4 is 0 Å². The SMILES string of the molecule is Cc1ccc(CN(C)Cc2ccco2)cc1. The van der Waals surface area contributed by atoms with Gasteiger partial charge in [0.05, 0.1) is 12.8 Å². The van der Waals surface area contributed by atoms with E-state index in [1.54, 1.807) is 6.26 Å². The number of aryl methyl sites for hydroxylation is 1. The Morgan fingerprint density at radius 3 is 2.44 bits per heavy atom. The van der Waals surface area contributed by atoms with Gasteiger partial charge in [0, 0.05) is 6.54 Å². The second-order valence-electron chi connectivity index (χ2n) is 4.24. The zero-order valence-electron chi connectivity index (χ0n) is 9.81. The lowest BCUT2D eigenvalue weighted by Gasteiger charge is -2.15. The summed E-state index contributed by atoms with van der Waals surface area (Å²) in [6.07, 6.45) is 1.72. The monoisotopic (exact) mass is 215 g/mol. The summed E-state index contributed by atoms with van der Waals surface area (Å²) in [5, 5.41) is 0. The number of nitrogens with zero attached hydrogens (tertiary/aromatic N) is 1. The Balaban J connectivity index is 1.92. The minimum Gasteiger partial charge on any atom is -0.468 e. The molecule has 0 aliphatic heterocycles. The summed E-state index contributed by atoms with van der Waals surface area (Å²) < 4.78 is 5.32. The quantitative estimate of drug-likeness (QED) is 0.778. The Hall–Kier alpha value is -1.54. The standard InChI is InChI=1S/C14H17NO/c1-12-5-7-13(8-6-12)10-15(2)11-14-4-3-9-16-14/h3-9H,10-11H2,1-2H3. The first-order valence-electron chi connectivity index (χ1n) is 5.50. The van der Waals surface area contributed by atoms with Crippen molar-refractivity contribution >= 4 is 0 Å². The van der Waals surface area contributed by atoms with Crippen LogP contribution in [0, 0.1) is 6.92 Å². The van der Waals surface area contributed by atoms with E-state index >= 15 is 0 Å². The molecule has 0 unspecified atom stereocenters. The van der Waals surface area contributed by atoms with Crippen molar-refractivity contribution in [1.82, 2.24) is 4.90 Å². The molecule has 2 aromatic rings. The van der Waals surface area contributed by atoms with Gasteiger partial charge in [0.2, 0.25) is 0 Å². The van der Waals surface area contributed by atoms with Crippen LogP contribution in [0.15, 0.2) is 47.1 Å². The molecule has 2 nitrogen and oxygen atoms in total. The molecule has 16 heavy (non-hydrogen) atoms. The Bertz CT molecular complexity index is 417. The Morgan fingerprint density at radius 2 is 1.81 bits per heavy atom. The average molecular weight is 215 g/mol. The summed E-state index contributed by atoms with van der Waals surface area (Å²) in [4.78, 5) is 2.24. The Morgan fingerprint density at radius 1 is 1.06 bits per heavy atom. The molecule has 0 fully saturated rings. The maximum absolute atomic E-state index is 5.32. The molecule has 2 heteroatoms. The fourth-order valence-corrected chi connectivity index (χ4v) is 1.73. The lowest BCUT2D eigenvalue weighted by Crippen LogP contribution is -2.16. The molecular weight excluding hydrogens is 198 g/mol. The topological polar surface area (TPSA) is 16.4 Å². The van der Waals surface area contributed by atoms with Crippen LogP contribution in [0.4, 0.5) is 0 Å². The van der Waals surface area contributed by atoms with E-state index in [0.29, 0.717) is 0 Å². The molecule has 0 atom stereocenters. The van der Waals surface area contributed by atoms with E-state index in [2.05, 4.69) is 43.1 Å². The highest BCUT2D eigenvalue weighted by atomic mass is 16.3. The second kappa shape index (κ2) is 4.99. The maximum atomic E-state index is 5.32. The first-order valence-corrected chi connectivity index (χ1v) is 5.50. The minimum absolute atomic E-state index is 0.848. The predicted molar refractivity (Wildman–Crippen MR) is 65.1 cm³/mol. The van der Waals surface area contributed by atoms with Crippen molar-refractivity contribution in [3.8, 4) is 0 Å². The van der Waals surface area contributed by atoms with E-state index in [4.69, 9.17) is 4.42 Å². The van der Waals surface area contributed by atoms with Crippen molar-refractivity contribution in [1.29, 1.82) is 0 Å². The molecule has 0 N–H and O–H groups in total. The highest BCUT2D eigenvalue weighted by Crippen LogP contribution is 2.09. The fourth-order valence-electron chi connectivity index (χ4n) is 1.73. The van der Waals surface area contributed by atoms with Gasteiger partial charge >= 0.3 is 0 Å². The molecule has 0 radical (unpaired) electrons. The van der Waals surface area contributed by atoms with Crippen LogP contribution in [-0.4, -0.2) is 11.9 Å². The van der Waals surface area contributed by atoms with Gasteiger partial charge in [-0.05, 0) is 31.7 Å². The third-order valence-corrected chi connectivity index (χ3v) is 2.58. The van der Waals surface area contributed by atoms with Gasteiger partial charge in [0.25, 0.3) is 0 Å². The van der Waals surface area contributed by atoms with Crippen LogP contribution >= 0.6 is 0 Å². The molecule has 1 aromatic carbocycles. The smallest absolute Gasteiger partial charge is 0.117 e. The van der Waals surface area contributed by atoms with Crippen LogP contribution in [0.5, 0.6) is 0 Å². The Kier molecular flexibility index (Phi) is 3.42. The van der Waals surface area contributed by atoms with Gasteiger partial charge in [0.15, 0.2) is 0 Å². The zero-order chi connectivity index (χ0) is 11.4. The van der Waals surface area contributed by atoms with Crippen molar-refractivity contribution in [3.05, 3.63) is 59.5 Å². The largest absolute Gasteiger partial charge is 0.468 e. The van der Waals surface area contributed by atoms with Crippen molar-refractivity contribution in [3.63, 3.8) is 0 Å². The van der Waals surface area contributed by atoms with Gasteiger partial charge in [-0.15, -0.1) is 0 Å². The fraction of sp³-hybridized carbons (Fsp3) is 0.286. The summed E-state index contributed by atoms with van der Waals surface area (Å²) in [6, 6.07) is 12.6. The molecular formula is C14H17NO. The summed E-state index contributed by atoms with van der Waals surface area (Å²) in [5.41, 5.74) is 2.64. The van der Waals surface area contributed by atoms with Crippen LogP contribution in [0.2, 0.25) is 0 Å². The van der Waals surface area contributed by atoms with Gasteiger partial charge in [0.1, 0.15) is 5.76 Å². The lowest BCUT2D eigenvalue weighted by atomic mass is 10.1. The van der Waals surface area contributed by atoms with Crippen LogP contribution in [0.1, 0.15) is 16.9 Å². The normalized spacial score (nSPS) is 10.9. The lowest BCUT2D eigenvalue weighted by molar-refractivity contribution is 0.288. The molecule has 0 spiro atoms. The number of benzene rings is 1.